The summed E-state index contributed by atoms with van der Waals surface area (Å²) in [5.74, 6) is -0.530. The largest absolute Gasteiger partial charge is 0.316 e. The van der Waals surface area contributed by atoms with E-state index in [2.05, 4.69) is 10.0 Å². The Morgan fingerprint density at radius 3 is 2.27 bits per heavy atom. The fourth-order valence-electron chi connectivity index (χ4n) is 4.17. The molecular weight excluding hydrogens is 488 g/mol. The topological polar surface area (TPSA) is 102 Å². The minimum absolute atomic E-state index is 0.113. The normalized spacial score (nSPS) is 11.4. The van der Waals surface area contributed by atoms with E-state index in [1.807, 2.05) is 42.5 Å². The molecular formula is C28H24N4O4S. The number of carbonyl (C=O) groups is 1. The second-order valence-corrected chi connectivity index (χ2v) is 10.3. The standard InChI is InChI=1S/C28H24N4O4S/c1-19-26(28(34)32(31(19)2)24-13-4-3-5-14-24)29-27(33)22-11-8-12-23(17-22)30-37(35,36)25-16-15-20-9-6-7-10-21(20)18-25/h3-18,30H,1-2H3,(H,29,33). The Morgan fingerprint density at radius 2 is 1.51 bits per heavy atom. The Morgan fingerprint density at radius 1 is 0.811 bits per heavy atom. The first kappa shape index (κ1) is 24.1. The lowest BCUT2D eigenvalue weighted by Gasteiger charge is -2.10. The maximum Gasteiger partial charge on any atom is 0.295 e. The van der Waals surface area contributed by atoms with Gasteiger partial charge in [-0.1, -0.05) is 54.6 Å². The van der Waals surface area contributed by atoms with Crippen molar-refractivity contribution in [2.24, 2.45) is 7.05 Å². The molecule has 1 heterocycles. The molecule has 37 heavy (non-hydrogen) atoms. The number of hydrogen-bond acceptors (Lipinski definition) is 4. The summed E-state index contributed by atoms with van der Waals surface area (Å²) in [5, 5.41) is 4.43. The van der Waals surface area contributed by atoms with Crippen LogP contribution >= 0.6 is 0 Å². The van der Waals surface area contributed by atoms with Crippen LogP contribution in [-0.2, 0) is 17.1 Å². The summed E-state index contributed by atoms with van der Waals surface area (Å²) < 4.78 is 31.7. The summed E-state index contributed by atoms with van der Waals surface area (Å²) in [4.78, 5) is 26.3. The number of anilines is 2. The molecule has 5 aromatic rings. The lowest BCUT2D eigenvalue weighted by atomic mass is 10.1. The van der Waals surface area contributed by atoms with E-state index in [-0.39, 0.29) is 27.4 Å². The summed E-state index contributed by atoms with van der Waals surface area (Å²) in [6.07, 6.45) is 0. The van der Waals surface area contributed by atoms with Crippen LogP contribution in [0.5, 0.6) is 0 Å². The van der Waals surface area contributed by atoms with Crippen LogP contribution in [0.25, 0.3) is 16.5 Å². The summed E-state index contributed by atoms with van der Waals surface area (Å²) in [5.41, 5.74) is 1.46. The number of rotatable bonds is 6. The summed E-state index contributed by atoms with van der Waals surface area (Å²) in [6, 6.07) is 27.6. The molecule has 0 fully saturated rings. The molecule has 0 bridgehead atoms. The van der Waals surface area contributed by atoms with Crippen molar-refractivity contribution in [1.82, 2.24) is 9.36 Å². The predicted molar refractivity (Wildman–Crippen MR) is 145 cm³/mol. The third-order valence-electron chi connectivity index (χ3n) is 6.20. The molecule has 2 N–H and O–H groups in total. The molecule has 8 nitrogen and oxygen atoms in total. The van der Waals surface area contributed by atoms with Crippen LogP contribution in [0.2, 0.25) is 0 Å². The Balaban J connectivity index is 1.40. The van der Waals surface area contributed by atoms with Gasteiger partial charge in [-0.2, -0.15) is 0 Å². The van der Waals surface area contributed by atoms with Gasteiger partial charge in [0.05, 0.1) is 16.3 Å². The third kappa shape index (κ3) is 4.64. The smallest absolute Gasteiger partial charge is 0.295 e. The van der Waals surface area contributed by atoms with Gasteiger partial charge in [-0.05, 0) is 60.2 Å². The van der Waals surface area contributed by atoms with E-state index in [1.54, 1.807) is 61.1 Å². The van der Waals surface area contributed by atoms with Gasteiger partial charge in [0.15, 0.2) is 0 Å². The van der Waals surface area contributed by atoms with E-state index < -0.39 is 15.9 Å². The highest BCUT2D eigenvalue weighted by molar-refractivity contribution is 7.92. The van der Waals surface area contributed by atoms with Crippen molar-refractivity contribution >= 4 is 38.1 Å². The van der Waals surface area contributed by atoms with Gasteiger partial charge in [-0.15, -0.1) is 0 Å². The van der Waals surface area contributed by atoms with E-state index in [0.29, 0.717) is 11.4 Å². The molecule has 186 valence electrons. The number of hydrogen-bond donors (Lipinski definition) is 2. The molecule has 0 saturated carbocycles. The minimum atomic E-state index is -3.89. The first-order valence-electron chi connectivity index (χ1n) is 11.5. The van der Waals surface area contributed by atoms with Crippen molar-refractivity contribution in [3.63, 3.8) is 0 Å². The zero-order chi connectivity index (χ0) is 26.2. The zero-order valence-corrected chi connectivity index (χ0v) is 21.0. The van der Waals surface area contributed by atoms with Crippen LogP contribution in [0.3, 0.4) is 0 Å². The molecule has 0 radical (unpaired) electrons. The number of sulfonamides is 1. The summed E-state index contributed by atoms with van der Waals surface area (Å²) >= 11 is 0. The van der Waals surface area contributed by atoms with Crippen molar-refractivity contribution in [3.05, 3.63) is 119 Å². The van der Waals surface area contributed by atoms with Crippen molar-refractivity contribution in [2.45, 2.75) is 11.8 Å². The highest BCUT2D eigenvalue weighted by Gasteiger charge is 2.20. The highest BCUT2D eigenvalue weighted by atomic mass is 32.2. The zero-order valence-electron chi connectivity index (χ0n) is 20.2. The van der Waals surface area contributed by atoms with Crippen LogP contribution in [0.15, 0.2) is 107 Å². The van der Waals surface area contributed by atoms with Crippen LogP contribution < -0.4 is 15.6 Å². The fourth-order valence-corrected chi connectivity index (χ4v) is 5.25. The average molecular weight is 513 g/mol. The minimum Gasteiger partial charge on any atom is -0.316 e. The number of carbonyl (C=O) groups excluding carboxylic acids is 1. The Bertz CT molecular complexity index is 1810. The Hall–Kier alpha value is -4.63. The number of nitrogens with one attached hydrogen (secondary N) is 2. The Labute approximate surface area is 213 Å². The van der Waals surface area contributed by atoms with Crippen molar-refractivity contribution in [3.8, 4) is 5.69 Å². The molecule has 5 rings (SSSR count). The van der Waals surface area contributed by atoms with E-state index in [4.69, 9.17) is 0 Å². The number of para-hydroxylation sites is 1. The van der Waals surface area contributed by atoms with Gasteiger partial charge in [-0.3, -0.25) is 19.0 Å². The second-order valence-electron chi connectivity index (χ2n) is 8.59. The first-order valence-corrected chi connectivity index (χ1v) is 13.0. The van der Waals surface area contributed by atoms with E-state index in [9.17, 15) is 18.0 Å². The Kier molecular flexibility index (Phi) is 6.14. The summed E-state index contributed by atoms with van der Waals surface area (Å²) in [6.45, 7) is 1.74. The lowest BCUT2D eigenvalue weighted by molar-refractivity contribution is 0.102. The highest BCUT2D eigenvalue weighted by Crippen LogP contribution is 2.22. The van der Waals surface area contributed by atoms with Crippen LogP contribution in [0, 0.1) is 6.92 Å². The van der Waals surface area contributed by atoms with Gasteiger partial charge in [0.25, 0.3) is 21.5 Å². The van der Waals surface area contributed by atoms with Gasteiger partial charge >= 0.3 is 0 Å². The third-order valence-corrected chi connectivity index (χ3v) is 7.58. The number of benzene rings is 4. The van der Waals surface area contributed by atoms with E-state index >= 15 is 0 Å². The maximum atomic E-state index is 13.1. The van der Waals surface area contributed by atoms with Gasteiger partial charge in [0, 0.05) is 18.3 Å². The number of fused-ring (bicyclic) bond motifs is 1. The molecule has 0 aliphatic carbocycles. The molecule has 4 aromatic carbocycles. The number of nitrogens with zero attached hydrogens (tertiary/aromatic N) is 2. The van der Waals surface area contributed by atoms with Crippen LogP contribution in [0.4, 0.5) is 11.4 Å². The number of aromatic nitrogens is 2. The maximum absolute atomic E-state index is 13.1. The second kappa shape index (κ2) is 9.44. The molecule has 9 heteroatoms. The van der Waals surface area contributed by atoms with E-state index in [0.717, 1.165) is 10.8 Å². The molecule has 0 aliphatic heterocycles. The SMILES string of the molecule is Cc1c(NC(=O)c2cccc(NS(=O)(=O)c3ccc4ccccc4c3)c2)c(=O)n(-c2ccccc2)n1C. The predicted octanol–water partition coefficient (Wildman–Crippen LogP) is 4.69. The quantitative estimate of drug-likeness (QED) is 0.345. The fraction of sp³-hybridized carbons (Fsp3) is 0.0714. The van der Waals surface area contributed by atoms with Crippen molar-refractivity contribution in [2.75, 3.05) is 10.0 Å². The number of amides is 1. The van der Waals surface area contributed by atoms with E-state index in [1.165, 1.54) is 16.8 Å². The molecule has 1 amide bonds. The monoisotopic (exact) mass is 512 g/mol. The van der Waals surface area contributed by atoms with Crippen molar-refractivity contribution in [1.29, 1.82) is 0 Å². The molecule has 0 atom stereocenters. The van der Waals surface area contributed by atoms with Crippen molar-refractivity contribution < 1.29 is 13.2 Å². The first-order chi connectivity index (χ1) is 17.7. The molecule has 1 aromatic heterocycles. The molecule has 0 aliphatic rings. The van der Waals surface area contributed by atoms with Gasteiger partial charge in [0.2, 0.25) is 0 Å². The summed E-state index contributed by atoms with van der Waals surface area (Å²) in [7, 11) is -2.15. The molecule has 0 saturated heterocycles. The lowest BCUT2D eigenvalue weighted by Crippen LogP contribution is -2.23. The molecule has 0 spiro atoms. The van der Waals surface area contributed by atoms with Gasteiger partial charge in [-0.25, -0.2) is 13.1 Å². The van der Waals surface area contributed by atoms with Gasteiger partial charge < -0.3 is 5.32 Å². The molecule has 0 unspecified atom stereocenters. The average Bonchev–Trinajstić information content (AvgIpc) is 3.11. The van der Waals surface area contributed by atoms with Crippen LogP contribution in [-0.4, -0.2) is 23.7 Å². The van der Waals surface area contributed by atoms with Gasteiger partial charge in [0.1, 0.15) is 5.69 Å². The van der Waals surface area contributed by atoms with Crippen LogP contribution in [0.1, 0.15) is 16.1 Å².